The molecule has 110 valence electrons. The van der Waals surface area contributed by atoms with E-state index in [2.05, 4.69) is 31.0 Å². The Morgan fingerprint density at radius 3 is 2.76 bits per heavy atom. The first-order valence-electron chi connectivity index (χ1n) is 5.61. The van der Waals surface area contributed by atoms with E-state index in [1.54, 1.807) is 24.0 Å². The Morgan fingerprint density at radius 2 is 2.10 bits per heavy atom. The van der Waals surface area contributed by atoms with Crippen LogP contribution in [0.15, 0.2) is 22.8 Å². The van der Waals surface area contributed by atoms with Crippen molar-refractivity contribution >= 4 is 45.3 Å². The Bertz CT molecular complexity index is 815. The van der Waals surface area contributed by atoms with Crippen molar-refractivity contribution in [2.24, 2.45) is 7.05 Å². The maximum atomic E-state index is 13.6. The van der Waals surface area contributed by atoms with E-state index in [0.717, 1.165) is 0 Å². The summed E-state index contributed by atoms with van der Waals surface area (Å²) in [5.74, 6) is -1.02. The minimum Gasteiger partial charge on any atom is -0.504 e. The highest BCUT2D eigenvalue weighted by molar-refractivity contribution is 9.10. The van der Waals surface area contributed by atoms with Gasteiger partial charge in [-0.2, -0.15) is 10.1 Å². The summed E-state index contributed by atoms with van der Waals surface area (Å²) in [6.45, 7) is 0. The average molecular weight is 375 g/mol. The van der Waals surface area contributed by atoms with Gasteiger partial charge >= 0.3 is 0 Å². The number of phenolic OH excluding ortho intramolecular Hbond substituents is 1. The van der Waals surface area contributed by atoms with Gasteiger partial charge in [0.15, 0.2) is 17.2 Å². The molecule has 9 heteroatoms. The molecule has 0 radical (unpaired) electrons. The molecule has 0 saturated heterocycles. The third-order valence-electron chi connectivity index (χ3n) is 2.89. The van der Waals surface area contributed by atoms with Crippen molar-refractivity contribution in [3.63, 3.8) is 0 Å². The number of aromatic hydroxyl groups is 1. The summed E-state index contributed by atoms with van der Waals surface area (Å²) < 4.78 is 15.4. The Hall–Kier alpha value is -1.93. The predicted molar refractivity (Wildman–Crippen MR) is 82.7 cm³/mol. The molecular weight excluding hydrogens is 365 g/mol. The summed E-state index contributed by atoms with van der Waals surface area (Å²) in [6, 6.07) is 2.79. The lowest BCUT2D eigenvalue weighted by Crippen LogP contribution is -1.97. The normalized spacial score (nSPS) is 10.6. The van der Waals surface area contributed by atoms with Gasteiger partial charge in [-0.15, -0.1) is 12.4 Å². The summed E-state index contributed by atoms with van der Waals surface area (Å²) >= 11 is 3.10. The predicted octanol–water partition coefficient (Wildman–Crippen LogP) is 2.64. The Morgan fingerprint density at radius 1 is 1.38 bits per heavy atom. The highest BCUT2D eigenvalue weighted by atomic mass is 79.9. The molecular formula is C12H10BrClFN5O. The number of aryl methyl sites for hydroxylation is 1. The van der Waals surface area contributed by atoms with Crippen LogP contribution < -0.4 is 5.73 Å². The fraction of sp³-hybridized carbons (Fsp3) is 0.0833. The molecule has 3 aromatic rings. The number of phenols is 1. The van der Waals surface area contributed by atoms with Gasteiger partial charge in [0.2, 0.25) is 5.95 Å². The molecule has 1 aromatic carbocycles. The number of nitrogens with zero attached hydrogens (tertiary/aromatic N) is 4. The number of halogens is 3. The zero-order valence-corrected chi connectivity index (χ0v) is 13.1. The zero-order chi connectivity index (χ0) is 14.4. The third-order valence-corrected chi connectivity index (χ3v) is 3.49. The van der Waals surface area contributed by atoms with Gasteiger partial charge in [-0.25, -0.2) is 14.1 Å². The van der Waals surface area contributed by atoms with Gasteiger partial charge in [-0.3, -0.25) is 0 Å². The van der Waals surface area contributed by atoms with Crippen molar-refractivity contribution in [2.45, 2.75) is 0 Å². The largest absolute Gasteiger partial charge is 0.504 e. The van der Waals surface area contributed by atoms with E-state index in [4.69, 9.17) is 5.73 Å². The number of aromatic nitrogens is 4. The molecule has 0 unspecified atom stereocenters. The van der Waals surface area contributed by atoms with Crippen LogP contribution in [0.25, 0.3) is 22.3 Å². The molecule has 2 aromatic heterocycles. The quantitative estimate of drug-likeness (QED) is 0.683. The molecule has 3 rings (SSSR count). The van der Waals surface area contributed by atoms with Gasteiger partial charge in [-0.1, -0.05) is 0 Å². The number of nitrogens with two attached hydrogens (primary N) is 1. The molecule has 0 aliphatic rings. The minimum atomic E-state index is -0.732. The molecule has 0 aliphatic carbocycles. The number of hydrogen-bond acceptors (Lipinski definition) is 5. The molecule has 21 heavy (non-hydrogen) atoms. The number of rotatable bonds is 1. The monoisotopic (exact) mass is 373 g/mol. The fourth-order valence-electron chi connectivity index (χ4n) is 1.97. The number of nitrogen functional groups attached to an aromatic ring is 1. The van der Waals surface area contributed by atoms with Crippen LogP contribution in [0, 0.1) is 5.82 Å². The van der Waals surface area contributed by atoms with Crippen molar-refractivity contribution in [1.82, 2.24) is 19.7 Å². The fourth-order valence-corrected chi connectivity index (χ4v) is 2.40. The molecule has 3 N–H and O–H groups in total. The van der Waals surface area contributed by atoms with Crippen molar-refractivity contribution < 1.29 is 9.50 Å². The number of fused-ring (bicyclic) bond motifs is 1. The Balaban J connectivity index is 0.00000161. The minimum absolute atomic E-state index is 0. The third kappa shape index (κ3) is 2.52. The lowest BCUT2D eigenvalue weighted by atomic mass is 10.1. The van der Waals surface area contributed by atoms with Gasteiger partial charge < -0.3 is 10.8 Å². The zero-order valence-electron chi connectivity index (χ0n) is 10.7. The molecule has 0 bridgehead atoms. The molecule has 0 fully saturated rings. The summed E-state index contributed by atoms with van der Waals surface area (Å²) in [5.41, 5.74) is 7.12. The SMILES string of the molecule is Cl.Cn1nc(-c2cc(F)c(O)c(Br)c2)c2cnc(N)nc21. The van der Waals surface area contributed by atoms with Crippen LogP contribution in [0.5, 0.6) is 5.75 Å². The highest BCUT2D eigenvalue weighted by Crippen LogP contribution is 2.34. The Kier molecular flexibility index (Phi) is 4.02. The van der Waals surface area contributed by atoms with E-state index in [1.807, 2.05) is 0 Å². The van der Waals surface area contributed by atoms with Crippen molar-refractivity contribution in [3.8, 4) is 17.0 Å². The van der Waals surface area contributed by atoms with Crippen LogP contribution in [-0.2, 0) is 7.05 Å². The van der Waals surface area contributed by atoms with Gasteiger partial charge in [0.05, 0.1) is 9.86 Å². The Labute approximate surface area is 133 Å². The highest BCUT2D eigenvalue weighted by Gasteiger charge is 2.16. The van der Waals surface area contributed by atoms with Crippen molar-refractivity contribution in [2.75, 3.05) is 5.73 Å². The first-order chi connectivity index (χ1) is 9.47. The van der Waals surface area contributed by atoms with Crippen LogP contribution in [0.2, 0.25) is 0 Å². The first-order valence-corrected chi connectivity index (χ1v) is 6.40. The number of benzene rings is 1. The van der Waals surface area contributed by atoms with Crippen LogP contribution in [0.1, 0.15) is 0 Å². The second kappa shape index (κ2) is 5.45. The van der Waals surface area contributed by atoms with Gasteiger partial charge in [0.25, 0.3) is 0 Å². The second-order valence-corrected chi connectivity index (χ2v) is 5.08. The topological polar surface area (TPSA) is 89.8 Å². The summed E-state index contributed by atoms with van der Waals surface area (Å²) in [6.07, 6.45) is 1.54. The molecule has 2 heterocycles. The van der Waals surface area contributed by atoms with E-state index in [1.165, 1.54) is 6.07 Å². The maximum absolute atomic E-state index is 13.6. The van der Waals surface area contributed by atoms with Gasteiger partial charge in [-0.05, 0) is 28.1 Å². The second-order valence-electron chi connectivity index (χ2n) is 4.23. The first kappa shape index (κ1) is 15.5. The molecule has 0 spiro atoms. The number of hydrogen-bond donors (Lipinski definition) is 2. The molecule has 0 aliphatic heterocycles. The van der Waals surface area contributed by atoms with Crippen molar-refractivity contribution in [1.29, 1.82) is 0 Å². The summed E-state index contributed by atoms with van der Waals surface area (Å²) in [5, 5.41) is 14.4. The van der Waals surface area contributed by atoms with Crippen LogP contribution in [0.3, 0.4) is 0 Å². The average Bonchev–Trinajstić information content (AvgIpc) is 2.72. The van der Waals surface area contributed by atoms with E-state index >= 15 is 0 Å². The standard InChI is InChI=1S/C12H9BrFN5O.ClH/c1-19-11-6(4-16-12(15)17-11)9(18-19)5-2-7(13)10(20)8(14)3-5;/h2-4,20H,1H3,(H2,15,16,17);1H. The maximum Gasteiger partial charge on any atom is 0.222 e. The lowest BCUT2D eigenvalue weighted by molar-refractivity contribution is 0.429. The van der Waals surface area contributed by atoms with E-state index in [-0.39, 0.29) is 22.8 Å². The molecule has 0 amide bonds. The van der Waals surface area contributed by atoms with E-state index < -0.39 is 11.6 Å². The smallest absolute Gasteiger partial charge is 0.222 e. The number of anilines is 1. The molecule has 0 saturated carbocycles. The molecule has 6 nitrogen and oxygen atoms in total. The molecule has 0 atom stereocenters. The summed E-state index contributed by atoms with van der Waals surface area (Å²) in [4.78, 5) is 8.02. The van der Waals surface area contributed by atoms with Gasteiger partial charge in [0.1, 0.15) is 5.69 Å². The van der Waals surface area contributed by atoms with Crippen LogP contribution >= 0.6 is 28.3 Å². The lowest BCUT2D eigenvalue weighted by Gasteiger charge is -2.03. The van der Waals surface area contributed by atoms with Crippen molar-refractivity contribution in [3.05, 3.63) is 28.6 Å². The van der Waals surface area contributed by atoms with E-state index in [9.17, 15) is 9.50 Å². The van der Waals surface area contributed by atoms with Gasteiger partial charge in [0, 0.05) is 18.8 Å². The van der Waals surface area contributed by atoms with Crippen LogP contribution in [-0.4, -0.2) is 24.9 Å². The summed E-state index contributed by atoms with van der Waals surface area (Å²) in [7, 11) is 1.71. The van der Waals surface area contributed by atoms with Crippen LogP contribution in [0.4, 0.5) is 10.3 Å². The van der Waals surface area contributed by atoms with E-state index in [0.29, 0.717) is 22.3 Å².